The van der Waals surface area contributed by atoms with E-state index in [2.05, 4.69) is 4.74 Å². The quantitative estimate of drug-likeness (QED) is 0.475. The monoisotopic (exact) mass is 125 g/mol. The van der Waals surface area contributed by atoms with Crippen molar-refractivity contribution >= 4 is 0 Å². The second-order valence-corrected chi connectivity index (χ2v) is 1.62. The fourth-order valence-corrected chi connectivity index (χ4v) is 0.364. The predicted octanol–water partition coefficient (Wildman–Crippen LogP) is 1.36. The fourth-order valence-electron chi connectivity index (χ4n) is 0.364. The van der Waals surface area contributed by atoms with Gasteiger partial charge < -0.3 is 4.74 Å². The Bertz CT molecular complexity index is 83.8. The van der Waals surface area contributed by atoms with Gasteiger partial charge in [-0.15, -0.1) is 0 Å². The highest BCUT2D eigenvalue weighted by atomic mass is 19.4. The van der Waals surface area contributed by atoms with Gasteiger partial charge >= 0.3 is 6.18 Å². The van der Waals surface area contributed by atoms with Crippen LogP contribution in [0.15, 0.2) is 0 Å². The van der Waals surface area contributed by atoms with E-state index in [0.717, 1.165) is 6.61 Å². The van der Waals surface area contributed by atoms with Crippen molar-refractivity contribution in [3.05, 3.63) is 6.61 Å². The number of alkyl halides is 3. The summed E-state index contributed by atoms with van der Waals surface area (Å²) in [4.78, 5) is 0. The largest absolute Gasteiger partial charge is 0.396 e. The minimum Gasteiger partial charge on any atom is -0.374 e. The third kappa shape index (κ3) is 0.940. The van der Waals surface area contributed by atoms with Gasteiger partial charge in [-0.05, 0) is 0 Å². The Morgan fingerprint density at radius 2 is 2.00 bits per heavy atom. The van der Waals surface area contributed by atoms with E-state index in [1.54, 1.807) is 0 Å². The number of hydrogen-bond donors (Lipinski definition) is 0. The summed E-state index contributed by atoms with van der Waals surface area (Å²) in [6.45, 7) is 0.601. The van der Waals surface area contributed by atoms with Gasteiger partial charge in [-0.1, -0.05) is 0 Å². The van der Waals surface area contributed by atoms with E-state index in [-0.39, 0.29) is 6.61 Å². The Morgan fingerprint density at radius 3 is 2.00 bits per heavy atom. The molecule has 0 aromatic rings. The van der Waals surface area contributed by atoms with E-state index in [4.69, 9.17) is 0 Å². The summed E-state index contributed by atoms with van der Waals surface area (Å²) >= 11 is 0. The smallest absolute Gasteiger partial charge is 0.374 e. The molecule has 0 aromatic heterocycles. The first kappa shape index (κ1) is 5.88. The summed E-state index contributed by atoms with van der Waals surface area (Å²) in [5.74, 6) is -1.32. The molecule has 1 saturated heterocycles. The van der Waals surface area contributed by atoms with Crippen LogP contribution in [0.1, 0.15) is 0 Å². The summed E-state index contributed by atoms with van der Waals surface area (Å²) in [6.07, 6.45) is -4.09. The normalized spacial score (nSPS) is 22.9. The van der Waals surface area contributed by atoms with Gasteiger partial charge in [-0.2, -0.15) is 13.2 Å². The van der Waals surface area contributed by atoms with Crippen molar-refractivity contribution in [1.82, 2.24) is 0 Å². The Labute approximate surface area is 44.4 Å². The van der Waals surface area contributed by atoms with Gasteiger partial charge in [0, 0.05) is 0 Å². The van der Waals surface area contributed by atoms with E-state index < -0.39 is 12.1 Å². The molecule has 4 heteroatoms. The van der Waals surface area contributed by atoms with Crippen molar-refractivity contribution in [2.24, 2.45) is 5.92 Å². The molecule has 1 aliphatic heterocycles. The topological polar surface area (TPSA) is 9.23 Å². The molecule has 0 aromatic carbocycles. The van der Waals surface area contributed by atoms with Crippen molar-refractivity contribution in [3.8, 4) is 0 Å². The van der Waals surface area contributed by atoms with Crippen LogP contribution in [0.4, 0.5) is 13.2 Å². The predicted molar refractivity (Wildman–Crippen MR) is 19.8 cm³/mol. The fraction of sp³-hybridized carbons (Fsp3) is 0.750. The van der Waals surface area contributed by atoms with E-state index in [9.17, 15) is 13.2 Å². The summed E-state index contributed by atoms with van der Waals surface area (Å²) in [5.41, 5.74) is 0. The van der Waals surface area contributed by atoms with Crippen LogP contribution in [0.2, 0.25) is 0 Å². The van der Waals surface area contributed by atoms with Crippen LogP contribution < -0.4 is 0 Å². The van der Waals surface area contributed by atoms with Crippen LogP contribution in [0.3, 0.4) is 0 Å². The molecule has 1 atom stereocenters. The minimum atomic E-state index is -4.09. The van der Waals surface area contributed by atoms with Gasteiger partial charge in [0.2, 0.25) is 0 Å². The molecule has 1 aliphatic rings. The molecule has 0 bridgehead atoms. The summed E-state index contributed by atoms with van der Waals surface area (Å²) in [5, 5.41) is 0. The molecule has 1 rings (SSSR count). The van der Waals surface area contributed by atoms with Gasteiger partial charge in [0.25, 0.3) is 0 Å². The molecule has 1 unspecified atom stereocenters. The highest BCUT2D eigenvalue weighted by molar-refractivity contribution is 4.82. The number of ether oxygens (including phenoxy) is 1. The van der Waals surface area contributed by atoms with E-state index in [1.807, 2.05) is 0 Å². The zero-order chi connectivity index (χ0) is 6.20. The molecule has 1 nitrogen and oxygen atoms in total. The lowest BCUT2D eigenvalue weighted by atomic mass is 10.1. The highest BCUT2D eigenvalue weighted by Crippen LogP contribution is 2.33. The maximum atomic E-state index is 11.4. The molecular formula is C4H4F3O. The molecular weight excluding hydrogens is 121 g/mol. The van der Waals surface area contributed by atoms with Crippen LogP contribution in [-0.4, -0.2) is 12.8 Å². The summed E-state index contributed by atoms with van der Waals surface area (Å²) in [7, 11) is 0. The van der Waals surface area contributed by atoms with Crippen LogP contribution in [0.5, 0.6) is 0 Å². The van der Waals surface area contributed by atoms with E-state index in [0.29, 0.717) is 0 Å². The molecule has 0 spiro atoms. The third-order valence-corrected chi connectivity index (χ3v) is 0.957. The van der Waals surface area contributed by atoms with Crippen molar-refractivity contribution < 1.29 is 17.9 Å². The first-order valence-electron chi connectivity index (χ1n) is 2.12. The molecule has 1 fully saturated rings. The van der Waals surface area contributed by atoms with Crippen molar-refractivity contribution in [1.29, 1.82) is 0 Å². The molecule has 0 saturated carbocycles. The summed E-state index contributed by atoms with van der Waals surface area (Å²) < 4.78 is 38.4. The number of halogens is 3. The lowest BCUT2D eigenvalue weighted by Gasteiger charge is -2.26. The van der Waals surface area contributed by atoms with Crippen LogP contribution in [0, 0.1) is 12.5 Å². The van der Waals surface area contributed by atoms with Crippen LogP contribution in [0.25, 0.3) is 0 Å². The van der Waals surface area contributed by atoms with Crippen molar-refractivity contribution in [2.45, 2.75) is 6.18 Å². The highest BCUT2D eigenvalue weighted by Gasteiger charge is 2.44. The van der Waals surface area contributed by atoms with Gasteiger partial charge in [-0.3, -0.25) is 0 Å². The average molecular weight is 125 g/mol. The maximum absolute atomic E-state index is 11.4. The molecule has 0 N–H and O–H groups in total. The van der Waals surface area contributed by atoms with E-state index in [1.165, 1.54) is 0 Å². The Morgan fingerprint density at radius 1 is 1.50 bits per heavy atom. The van der Waals surface area contributed by atoms with Gasteiger partial charge in [-0.25, -0.2) is 0 Å². The standard InChI is InChI=1S/C4H4F3O/c5-4(6,7)3-1-8-2-3/h1,3H,2H2. The minimum absolute atomic E-state index is 0.205. The number of hydrogen-bond acceptors (Lipinski definition) is 1. The Kier molecular flexibility index (Phi) is 1.19. The SMILES string of the molecule is FC(F)(F)C1[CH]OC1. The van der Waals surface area contributed by atoms with Gasteiger partial charge in [0.15, 0.2) is 0 Å². The van der Waals surface area contributed by atoms with Crippen LogP contribution >= 0.6 is 0 Å². The third-order valence-electron chi connectivity index (χ3n) is 0.957. The van der Waals surface area contributed by atoms with Crippen molar-refractivity contribution in [2.75, 3.05) is 6.61 Å². The van der Waals surface area contributed by atoms with Gasteiger partial charge in [0.05, 0.1) is 13.2 Å². The van der Waals surface area contributed by atoms with Crippen molar-refractivity contribution in [3.63, 3.8) is 0 Å². The van der Waals surface area contributed by atoms with Gasteiger partial charge in [0.1, 0.15) is 5.92 Å². The molecule has 8 heavy (non-hydrogen) atoms. The molecule has 1 radical (unpaired) electrons. The number of rotatable bonds is 0. The lowest BCUT2D eigenvalue weighted by molar-refractivity contribution is -0.217. The first-order chi connectivity index (χ1) is 3.61. The first-order valence-corrected chi connectivity index (χ1v) is 2.12. The lowest BCUT2D eigenvalue weighted by Crippen LogP contribution is -2.35. The second kappa shape index (κ2) is 1.62. The zero-order valence-electron chi connectivity index (χ0n) is 3.90. The second-order valence-electron chi connectivity index (χ2n) is 1.62. The van der Waals surface area contributed by atoms with Crippen LogP contribution in [-0.2, 0) is 4.74 Å². The average Bonchev–Trinajstić information content (AvgIpc) is 1.16. The zero-order valence-corrected chi connectivity index (χ0v) is 3.90. The molecule has 0 aliphatic carbocycles. The molecule has 47 valence electrons. The van der Waals surface area contributed by atoms with E-state index >= 15 is 0 Å². The molecule has 0 amide bonds. The molecule has 1 heterocycles. The summed E-state index contributed by atoms with van der Waals surface area (Å²) in [6, 6.07) is 0. The Balaban J connectivity index is 2.34. The maximum Gasteiger partial charge on any atom is 0.396 e. The Hall–Kier alpha value is -0.250.